The fourth-order valence-electron chi connectivity index (χ4n) is 1.50. The van der Waals surface area contributed by atoms with Crippen LogP contribution in [-0.4, -0.2) is 24.4 Å². The Kier molecular flexibility index (Phi) is 3.78. The van der Waals surface area contributed by atoms with Gasteiger partial charge in [0.1, 0.15) is 11.4 Å². The average molecular weight is 221 g/mol. The smallest absolute Gasteiger partial charge is 0.235 e. The van der Waals surface area contributed by atoms with Crippen LogP contribution in [0.1, 0.15) is 27.2 Å². The van der Waals surface area contributed by atoms with E-state index in [1.165, 1.54) is 0 Å². The maximum Gasteiger partial charge on any atom is 0.235 e. The lowest BCUT2D eigenvalue weighted by Gasteiger charge is -2.26. The molecule has 0 aromatic heterocycles. The molecule has 16 heavy (non-hydrogen) atoms. The molecule has 86 valence electrons. The Hall–Kier alpha value is -1.26. The second-order valence-corrected chi connectivity index (χ2v) is 4.80. The minimum atomic E-state index is -0.675. The van der Waals surface area contributed by atoms with Crippen LogP contribution in [0.4, 0.5) is 0 Å². The maximum atomic E-state index is 10.7. The minimum absolute atomic E-state index is 0.292. The molecule has 0 heterocycles. The van der Waals surface area contributed by atoms with Crippen LogP contribution >= 0.6 is 0 Å². The lowest BCUT2D eigenvalue weighted by atomic mass is 9.88. The molecule has 0 aromatic rings. The van der Waals surface area contributed by atoms with Gasteiger partial charge < -0.3 is 4.74 Å². The Labute approximate surface area is 96.9 Å². The van der Waals surface area contributed by atoms with E-state index in [1.807, 2.05) is 20.8 Å². The van der Waals surface area contributed by atoms with Gasteiger partial charge in [-0.2, -0.15) is 0 Å². The molecule has 0 saturated heterocycles. The summed E-state index contributed by atoms with van der Waals surface area (Å²) in [4.78, 5) is 10.4. The second kappa shape index (κ2) is 4.72. The molecule has 0 aromatic carbocycles. The molecule has 1 aliphatic carbocycles. The van der Waals surface area contributed by atoms with E-state index in [0.29, 0.717) is 18.5 Å². The molecule has 5 heteroatoms. The second-order valence-electron chi connectivity index (χ2n) is 4.80. The van der Waals surface area contributed by atoms with Crippen LogP contribution in [0, 0.1) is 10.1 Å². The largest absolute Gasteiger partial charge is 0.488 e. The summed E-state index contributed by atoms with van der Waals surface area (Å²) in [6.07, 6.45) is 3.84. The van der Waals surface area contributed by atoms with Crippen LogP contribution in [0.5, 0.6) is 0 Å². The molecule has 0 fully saturated rings. The van der Waals surface area contributed by atoms with Crippen molar-refractivity contribution in [2.24, 2.45) is 0 Å². The van der Waals surface area contributed by atoms with Gasteiger partial charge in [0.25, 0.3) is 0 Å². The van der Waals surface area contributed by atoms with Gasteiger partial charge in [0.05, 0.1) is 7.85 Å². The van der Waals surface area contributed by atoms with Gasteiger partial charge in [-0.05, 0) is 38.5 Å². The van der Waals surface area contributed by atoms with Crippen LogP contribution in [-0.2, 0) is 4.74 Å². The maximum absolute atomic E-state index is 10.7. The fourth-order valence-corrected chi connectivity index (χ4v) is 1.50. The molecule has 1 rings (SSSR count). The normalized spacial score (nSPS) is 21.1. The highest BCUT2D eigenvalue weighted by atomic mass is 16.6. The average Bonchev–Trinajstić information content (AvgIpc) is 2.15. The Morgan fingerprint density at radius 3 is 2.69 bits per heavy atom. The first-order valence-corrected chi connectivity index (χ1v) is 5.26. The van der Waals surface area contributed by atoms with E-state index in [9.17, 15) is 10.1 Å². The summed E-state index contributed by atoms with van der Waals surface area (Å²) >= 11 is 0. The van der Waals surface area contributed by atoms with Gasteiger partial charge >= 0.3 is 0 Å². The molecule has 0 aliphatic heterocycles. The highest BCUT2D eigenvalue weighted by Crippen LogP contribution is 2.27. The Balaban J connectivity index is 2.84. The number of hydrogen-bond donors (Lipinski definition) is 0. The summed E-state index contributed by atoms with van der Waals surface area (Å²) in [5.74, 6) is 0.674. The first-order valence-electron chi connectivity index (χ1n) is 5.26. The minimum Gasteiger partial charge on any atom is -0.488 e. The standard InChI is InChI=1S/C11H16BNO3/c1-11(2,3)16-10-5-4-9(13(14)15)6-8(10)7-12/h4-5,9H,6-7H2,1-3H3/t9-/m1/s1. The van der Waals surface area contributed by atoms with Crippen LogP contribution in [0.3, 0.4) is 0 Å². The highest BCUT2D eigenvalue weighted by molar-refractivity contribution is 6.10. The quantitative estimate of drug-likeness (QED) is 0.417. The predicted molar refractivity (Wildman–Crippen MR) is 63.0 cm³/mol. The number of nitro groups is 1. The van der Waals surface area contributed by atoms with E-state index in [0.717, 1.165) is 5.57 Å². The number of nitrogens with zero attached hydrogens (tertiary/aromatic N) is 1. The zero-order valence-corrected chi connectivity index (χ0v) is 9.90. The molecule has 4 nitrogen and oxygen atoms in total. The van der Waals surface area contributed by atoms with Crippen LogP contribution < -0.4 is 0 Å². The summed E-state index contributed by atoms with van der Waals surface area (Å²) < 4.78 is 5.70. The molecule has 1 aliphatic rings. The summed E-state index contributed by atoms with van der Waals surface area (Å²) in [7, 11) is 5.58. The van der Waals surface area contributed by atoms with E-state index in [2.05, 4.69) is 0 Å². The van der Waals surface area contributed by atoms with Gasteiger partial charge in [-0.25, -0.2) is 0 Å². The summed E-state index contributed by atoms with van der Waals surface area (Å²) in [6.45, 7) is 5.80. The molecule has 0 unspecified atom stereocenters. The van der Waals surface area contributed by atoms with E-state index in [1.54, 1.807) is 12.2 Å². The Morgan fingerprint density at radius 2 is 2.25 bits per heavy atom. The predicted octanol–water partition coefficient (Wildman–Crippen LogP) is 2.25. The first kappa shape index (κ1) is 12.8. The highest BCUT2D eigenvalue weighted by Gasteiger charge is 2.25. The topological polar surface area (TPSA) is 52.4 Å². The third kappa shape index (κ3) is 3.40. The van der Waals surface area contributed by atoms with Crippen molar-refractivity contribution in [1.82, 2.24) is 0 Å². The molecule has 0 amide bonds. The van der Waals surface area contributed by atoms with Crippen molar-refractivity contribution in [1.29, 1.82) is 0 Å². The monoisotopic (exact) mass is 221 g/mol. The van der Waals surface area contributed by atoms with Crippen LogP contribution in [0.15, 0.2) is 23.5 Å². The van der Waals surface area contributed by atoms with Gasteiger partial charge in [-0.15, -0.1) is 0 Å². The van der Waals surface area contributed by atoms with Crippen LogP contribution in [0.25, 0.3) is 0 Å². The molecule has 0 N–H and O–H groups in total. The number of ether oxygens (including phenoxy) is 1. The van der Waals surface area contributed by atoms with Crippen molar-refractivity contribution in [3.8, 4) is 0 Å². The van der Waals surface area contributed by atoms with Gasteiger partial charge in [0.15, 0.2) is 0 Å². The zero-order valence-electron chi connectivity index (χ0n) is 9.90. The first-order chi connectivity index (χ1) is 7.33. The van der Waals surface area contributed by atoms with Gasteiger partial charge in [0.2, 0.25) is 6.04 Å². The summed E-state index contributed by atoms with van der Waals surface area (Å²) in [5.41, 5.74) is 0.487. The third-order valence-corrected chi connectivity index (χ3v) is 2.21. The van der Waals surface area contributed by atoms with E-state index in [-0.39, 0.29) is 10.5 Å². The Morgan fingerprint density at radius 1 is 1.62 bits per heavy atom. The van der Waals surface area contributed by atoms with Crippen molar-refractivity contribution in [2.45, 2.75) is 45.2 Å². The lowest BCUT2D eigenvalue weighted by Crippen LogP contribution is -2.24. The number of rotatable bonds is 3. The molecule has 1 atom stereocenters. The zero-order chi connectivity index (χ0) is 12.3. The number of allylic oxidation sites excluding steroid dienone is 1. The molecule has 0 spiro atoms. The molecule has 2 radical (unpaired) electrons. The van der Waals surface area contributed by atoms with Crippen LogP contribution in [0.2, 0.25) is 6.32 Å². The summed E-state index contributed by atoms with van der Waals surface area (Å²) in [6, 6.07) is -0.675. The van der Waals surface area contributed by atoms with Crippen molar-refractivity contribution in [2.75, 3.05) is 0 Å². The summed E-state index contributed by atoms with van der Waals surface area (Å²) in [5, 5.41) is 10.7. The van der Waals surface area contributed by atoms with Crippen molar-refractivity contribution < 1.29 is 9.66 Å². The van der Waals surface area contributed by atoms with Gasteiger partial charge in [-0.3, -0.25) is 10.1 Å². The van der Waals surface area contributed by atoms with E-state index in [4.69, 9.17) is 12.6 Å². The van der Waals surface area contributed by atoms with Crippen molar-refractivity contribution >= 4 is 7.85 Å². The SMILES string of the molecule is [B]CC1=C(OC(C)(C)C)C=C[C@@H]([N+](=O)[O-])C1. The van der Waals surface area contributed by atoms with Crippen molar-refractivity contribution in [3.05, 3.63) is 33.6 Å². The van der Waals surface area contributed by atoms with Crippen molar-refractivity contribution in [3.63, 3.8) is 0 Å². The molecular formula is C11H16BNO3. The lowest BCUT2D eigenvalue weighted by molar-refractivity contribution is -0.509. The molecule has 0 bridgehead atoms. The Bertz CT molecular complexity index is 342. The fraction of sp³-hybridized carbons (Fsp3) is 0.636. The van der Waals surface area contributed by atoms with Gasteiger partial charge in [-0.1, -0.05) is 6.32 Å². The molecule has 0 saturated carbocycles. The molecular weight excluding hydrogens is 205 g/mol. The van der Waals surface area contributed by atoms with E-state index >= 15 is 0 Å². The number of hydrogen-bond acceptors (Lipinski definition) is 3. The third-order valence-electron chi connectivity index (χ3n) is 2.21. The van der Waals surface area contributed by atoms with E-state index < -0.39 is 6.04 Å². The van der Waals surface area contributed by atoms with Gasteiger partial charge in [0, 0.05) is 11.3 Å².